The highest BCUT2D eigenvalue weighted by Gasteiger charge is 2.56. The van der Waals surface area contributed by atoms with Crippen molar-refractivity contribution in [2.24, 2.45) is 16.6 Å². The Morgan fingerprint density at radius 2 is 2.07 bits per heavy atom. The quantitative estimate of drug-likeness (QED) is 0.792. The Morgan fingerprint density at radius 1 is 1.33 bits per heavy atom. The average molecular weight is 377 g/mol. The number of hydrogen-bond acceptors (Lipinski definition) is 5. The second-order valence-corrected chi connectivity index (χ2v) is 6.38. The van der Waals surface area contributed by atoms with Gasteiger partial charge in [0.05, 0.1) is 22.9 Å². The van der Waals surface area contributed by atoms with Crippen molar-refractivity contribution in [3.05, 3.63) is 53.5 Å². The van der Waals surface area contributed by atoms with Crippen LogP contribution in [-0.4, -0.2) is 17.0 Å². The predicted molar refractivity (Wildman–Crippen MR) is 91.8 cm³/mol. The lowest BCUT2D eigenvalue weighted by Crippen LogP contribution is -2.38. The summed E-state index contributed by atoms with van der Waals surface area (Å²) in [6.07, 6.45) is -3.63. The van der Waals surface area contributed by atoms with E-state index < -0.39 is 29.9 Å². The van der Waals surface area contributed by atoms with Crippen molar-refractivity contribution in [3.8, 4) is 6.07 Å². The van der Waals surface area contributed by atoms with Gasteiger partial charge < -0.3 is 11.1 Å². The average Bonchev–Trinajstić information content (AvgIpc) is 2.93. The molecule has 3 rings (SSSR count). The smallest absolute Gasteiger partial charge is 0.387 e. The van der Waals surface area contributed by atoms with Crippen molar-refractivity contribution >= 4 is 17.3 Å². The zero-order chi connectivity index (χ0) is 19.8. The molecule has 0 radical (unpaired) electrons. The number of hydrogen-bond donors (Lipinski definition) is 2. The van der Waals surface area contributed by atoms with Crippen LogP contribution in [0.15, 0.2) is 41.5 Å². The Bertz CT molecular complexity index is 947. The number of pyridine rings is 1. The lowest BCUT2D eigenvalue weighted by Gasteiger charge is -2.31. The molecule has 0 saturated heterocycles. The first-order valence-electron chi connectivity index (χ1n) is 7.98. The lowest BCUT2D eigenvalue weighted by molar-refractivity contribution is -0.187. The molecule has 1 aromatic heterocycles. The van der Waals surface area contributed by atoms with Crippen molar-refractivity contribution < 1.29 is 17.6 Å². The van der Waals surface area contributed by atoms with Gasteiger partial charge in [-0.25, -0.2) is 9.37 Å². The summed E-state index contributed by atoms with van der Waals surface area (Å²) < 4.78 is 54.9. The first kappa shape index (κ1) is 18.6. The van der Waals surface area contributed by atoms with Crippen LogP contribution in [0.5, 0.6) is 0 Å². The van der Waals surface area contributed by atoms with Crippen LogP contribution in [0, 0.1) is 23.1 Å². The number of amidine groups is 1. The Labute approximate surface area is 152 Å². The zero-order valence-electron chi connectivity index (χ0n) is 14.2. The third-order valence-corrected chi connectivity index (χ3v) is 4.57. The highest BCUT2D eigenvalue weighted by Crippen LogP contribution is 2.49. The molecule has 0 amide bonds. The van der Waals surface area contributed by atoms with Gasteiger partial charge in [-0.2, -0.15) is 18.4 Å². The standard InChI is InChI=1S/C18H15F4N5/c1-17(14(18(20,21)22)8-15(24)27-17)12-7-11(4-5-13(12)19)26-16-10(9-23)3-2-6-25-16/h2-7,14H,8H2,1H3,(H2,24,27)(H,25,26)/t14-,17-/m1/s1. The molecule has 0 unspecified atom stereocenters. The van der Waals surface area contributed by atoms with Gasteiger partial charge in [-0.3, -0.25) is 4.99 Å². The largest absolute Gasteiger partial charge is 0.394 e. The Balaban J connectivity index is 2.04. The number of aliphatic imine (C=N–C) groups is 1. The highest BCUT2D eigenvalue weighted by atomic mass is 19.4. The van der Waals surface area contributed by atoms with Crippen molar-refractivity contribution in [3.63, 3.8) is 0 Å². The molecule has 140 valence electrons. The number of nitrogens with one attached hydrogen (secondary N) is 1. The van der Waals surface area contributed by atoms with Gasteiger partial charge in [0.15, 0.2) is 0 Å². The fraction of sp³-hybridized carbons (Fsp3) is 0.278. The maximum Gasteiger partial charge on any atom is 0.394 e. The van der Waals surface area contributed by atoms with Gasteiger partial charge in [0, 0.05) is 23.9 Å². The number of halogens is 4. The van der Waals surface area contributed by atoms with Crippen LogP contribution in [0.1, 0.15) is 24.5 Å². The molecule has 1 aromatic carbocycles. The molecule has 0 saturated carbocycles. The summed E-state index contributed by atoms with van der Waals surface area (Å²) in [6.45, 7) is 1.22. The second kappa shape index (κ2) is 6.54. The molecule has 3 N–H and O–H groups in total. The van der Waals surface area contributed by atoms with Crippen molar-refractivity contribution in [2.75, 3.05) is 5.32 Å². The molecular formula is C18H15F4N5. The Morgan fingerprint density at radius 3 is 2.74 bits per heavy atom. The van der Waals surface area contributed by atoms with E-state index in [1.165, 1.54) is 31.3 Å². The number of aromatic nitrogens is 1. The minimum absolute atomic E-state index is 0.172. The zero-order valence-corrected chi connectivity index (χ0v) is 14.2. The minimum atomic E-state index is -4.59. The van der Waals surface area contributed by atoms with Crippen molar-refractivity contribution in [1.82, 2.24) is 4.98 Å². The van der Waals surface area contributed by atoms with Crippen LogP contribution in [0.3, 0.4) is 0 Å². The Hall–Kier alpha value is -3.15. The number of nitrogens with zero attached hydrogens (tertiary/aromatic N) is 3. The van der Waals surface area contributed by atoms with Crippen molar-refractivity contribution in [2.45, 2.75) is 25.1 Å². The van der Waals surface area contributed by atoms with E-state index >= 15 is 0 Å². The maximum absolute atomic E-state index is 14.5. The van der Waals surface area contributed by atoms with E-state index in [4.69, 9.17) is 11.0 Å². The summed E-state index contributed by atoms with van der Waals surface area (Å²) in [6, 6.07) is 8.70. The third-order valence-electron chi connectivity index (χ3n) is 4.57. The predicted octanol–water partition coefficient (Wildman–Crippen LogP) is 3.99. The summed E-state index contributed by atoms with van der Waals surface area (Å²) >= 11 is 0. The topological polar surface area (TPSA) is 87.1 Å². The van der Waals surface area contributed by atoms with Gasteiger partial charge in [-0.1, -0.05) is 0 Å². The number of nitriles is 1. The minimum Gasteiger partial charge on any atom is -0.387 e. The monoisotopic (exact) mass is 377 g/mol. The SMILES string of the molecule is C[C@]1(c2cc(Nc3ncccc3C#N)ccc2F)N=C(N)C[C@H]1C(F)(F)F. The van der Waals surface area contributed by atoms with Gasteiger partial charge in [0.25, 0.3) is 0 Å². The molecule has 27 heavy (non-hydrogen) atoms. The van der Waals surface area contributed by atoms with E-state index in [0.717, 1.165) is 6.07 Å². The number of nitrogens with two attached hydrogens (primary N) is 1. The van der Waals surface area contributed by atoms with E-state index in [0.29, 0.717) is 0 Å². The molecule has 1 aliphatic heterocycles. The number of anilines is 2. The number of benzene rings is 1. The van der Waals surface area contributed by atoms with Crippen LogP contribution in [-0.2, 0) is 5.54 Å². The van der Waals surface area contributed by atoms with Crippen LogP contribution in [0.4, 0.5) is 29.1 Å². The normalized spacial score (nSPS) is 22.2. The van der Waals surface area contributed by atoms with E-state index in [1.807, 2.05) is 6.07 Å². The van der Waals surface area contributed by atoms with E-state index in [1.54, 1.807) is 6.07 Å². The first-order valence-corrected chi connectivity index (χ1v) is 7.98. The van der Waals surface area contributed by atoms with Gasteiger partial charge in [0.1, 0.15) is 17.7 Å². The molecule has 1 aliphatic rings. The molecule has 0 bridgehead atoms. The maximum atomic E-state index is 14.5. The van der Waals surface area contributed by atoms with Crippen LogP contribution >= 0.6 is 0 Å². The van der Waals surface area contributed by atoms with E-state index in [2.05, 4.69) is 15.3 Å². The van der Waals surface area contributed by atoms with Gasteiger partial charge in [-0.15, -0.1) is 0 Å². The van der Waals surface area contributed by atoms with Gasteiger partial charge in [-0.05, 0) is 37.3 Å². The van der Waals surface area contributed by atoms with Crippen LogP contribution < -0.4 is 11.1 Å². The highest BCUT2D eigenvalue weighted by molar-refractivity contribution is 5.83. The summed E-state index contributed by atoms with van der Waals surface area (Å²) in [5.41, 5.74) is 3.96. The molecule has 2 heterocycles. The number of alkyl halides is 3. The first-order chi connectivity index (χ1) is 12.6. The molecule has 5 nitrogen and oxygen atoms in total. The third kappa shape index (κ3) is 3.43. The van der Waals surface area contributed by atoms with E-state index in [-0.39, 0.29) is 28.5 Å². The second-order valence-electron chi connectivity index (χ2n) is 6.38. The van der Waals surface area contributed by atoms with Gasteiger partial charge in [0.2, 0.25) is 0 Å². The van der Waals surface area contributed by atoms with Crippen LogP contribution in [0.2, 0.25) is 0 Å². The van der Waals surface area contributed by atoms with Crippen molar-refractivity contribution in [1.29, 1.82) is 5.26 Å². The molecule has 0 spiro atoms. The summed E-state index contributed by atoms with van der Waals surface area (Å²) in [5, 5.41) is 12.0. The summed E-state index contributed by atoms with van der Waals surface area (Å²) in [7, 11) is 0. The molecular weight excluding hydrogens is 362 g/mol. The van der Waals surface area contributed by atoms with Crippen LogP contribution in [0.25, 0.3) is 0 Å². The Kier molecular flexibility index (Phi) is 4.51. The molecule has 2 atom stereocenters. The lowest BCUT2D eigenvalue weighted by atomic mass is 9.79. The summed E-state index contributed by atoms with van der Waals surface area (Å²) in [4.78, 5) is 7.94. The fourth-order valence-electron chi connectivity index (χ4n) is 3.23. The fourth-order valence-corrected chi connectivity index (χ4v) is 3.23. The molecule has 9 heteroatoms. The molecule has 2 aromatic rings. The van der Waals surface area contributed by atoms with E-state index in [9.17, 15) is 17.6 Å². The summed E-state index contributed by atoms with van der Waals surface area (Å²) in [5.74, 6) is -2.71. The van der Waals surface area contributed by atoms with Gasteiger partial charge >= 0.3 is 6.18 Å². The molecule has 0 aliphatic carbocycles. The molecule has 0 fully saturated rings. The number of rotatable bonds is 3.